The Balaban J connectivity index is 2.39. The third kappa shape index (κ3) is 2.35. The van der Waals surface area contributed by atoms with Gasteiger partial charge in [-0.15, -0.1) is 0 Å². The molecule has 0 aliphatic heterocycles. The summed E-state index contributed by atoms with van der Waals surface area (Å²) in [5, 5.41) is 13.6. The van der Waals surface area contributed by atoms with Gasteiger partial charge in [0.1, 0.15) is 0 Å². The van der Waals surface area contributed by atoms with Gasteiger partial charge in [-0.05, 0) is 31.5 Å². The second-order valence-electron chi connectivity index (χ2n) is 4.42. The molecule has 0 radical (unpaired) electrons. The zero-order valence-corrected chi connectivity index (χ0v) is 10.5. The normalized spacial score (nSPS) is 13.1. The van der Waals surface area contributed by atoms with Crippen LogP contribution < -0.4 is 5.32 Å². The summed E-state index contributed by atoms with van der Waals surface area (Å²) >= 11 is 0. The Morgan fingerprint density at radius 2 is 2.12 bits per heavy atom. The molecule has 2 N–H and O–H groups in total. The molecule has 0 saturated heterocycles. The van der Waals surface area contributed by atoms with E-state index in [9.17, 15) is 0 Å². The Bertz CT molecular complexity index is 490. The van der Waals surface area contributed by atoms with E-state index in [2.05, 4.69) is 47.4 Å². The van der Waals surface area contributed by atoms with Crippen molar-refractivity contribution in [2.45, 2.75) is 18.9 Å². The van der Waals surface area contributed by atoms with Gasteiger partial charge in [-0.2, -0.15) is 0 Å². The summed E-state index contributed by atoms with van der Waals surface area (Å²) in [6.45, 7) is 0.253. The summed E-state index contributed by atoms with van der Waals surface area (Å²) in [7, 11) is 4.05. The number of benzene rings is 1. The van der Waals surface area contributed by atoms with E-state index in [1.165, 1.54) is 16.5 Å². The maximum absolute atomic E-state index is 8.94. The molecule has 3 heteroatoms. The number of nitrogens with zero attached hydrogens (tertiary/aromatic N) is 1. The maximum Gasteiger partial charge on any atom is 0.0481 e. The molecule has 1 aromatic carbocycles. The molecule has 3 nitrogen and oxygen atoms in total. The Kier molecular flexibility index (Phi) is 3.82. The van der Waals surface area contributed by atoms with E-state index in [4.69, 9.17) is 5.11 Å². The van der Waals surface area contributed by atoms with E-state index in [1.54, 1.807) is 0 Å². The second-order valence-corrected chi connectivity index (χ2v) is 4.42. The maximum atomic E-state index is 8.94. The highest BCUT2D eigenvalue weighted by Crippen LogP contribution is 2.28. The van der Waals surface area contributed by atoms with Crippen molar-refractivity contribution in [1.29, 1.82) is 0 Å². The van der Waals surface area contributed by atoms with Gasteiger partial charge < -0.3 is 15.0 Å². The van der Waals surface area contributed by atoms with Crippen molar-refractivity contribution in [2.24, 2.45) is 7.05 Å². The quantitative estimate of drug-likeness (QED) is 0.829. The number of hydrogen-bond acceptors (Lipinski definition) is 2. The lowest BCUT2D eigenvalue weighted by atomic mass is 10.0. The molecule has 0 saturated carbocycles. The standard InChI is InChI=1S/C14H20N2O/c1-15-13(7-5-9-17)12-10-16(2)14-8-4-3-6-11(12)14/h3-4,6,8,10,13,15,17H,5,7,9H2,1-2H3. The molecule has 0 amide bonds. The minimum Gasteiger partial charge on any atom is -0.396 e. The first kappa shape index (κ1) is 12.1. The van der Waals surface area contributed by atoms with Crippen LogP contribution in [0.4, 0.5) is 0 Å². The first-order valence-corrected chi connectivity index (χ1v) is 6.10. The summed E-state index contributed by atoms with van der Waals surface area (Å²) in [6.07, 6.45) is 3.97. The van der Waals surface area contributed by atoms with Crippen molar-refractivity contribution in [3.8, 4) is 0 Å². The van der Waals surface area contributed by atoms with Crippen LogP contribution in [0.15, 0.2) is 30.5 Å². The van der Waals surface area contributed by atoms with Crippen LogP contribution in [-0.4, -0.2) is 23.3 Å². The van der Waals surface area contributed by atoms with Crippen LogP contribution in [0.3, 0.4) is 0 Å². The molecule has 92 valence electrons. The molecule has 0 aliphatic rings. The Labute approximate surface area is 102 Å². The molecule has 2 aromatic rings. The number of fused-ring (bicyclic) bond motifs is 1. The molecular formula is C14H20N2O. The van der Waals surface area contributed by atoms with Gasteiger partial charge in [-0.25, -0.2) is 0 Å². The molecule has 0 fully saturated rings. The van der Waals surface area contributed by atoms with Crippen LogP contribution in [0, 0.1) is 0 Å². The Morgan fingerprint density at radius 1 is 1.35 bits per heavy atom. The number of aryl methyl sites for hydroxylation is 1. The molecule has 0 aliphatic carbocycles. The van der Waals surface area contributed by atoms with Crippen molar-refractivity contribution < 1.29 is 5.11 Å². The zero-order chi connectivity index (χ0) is 12.3. The van der Waals surface area contributed by atoms with E-state index < -0.39 is 0 Å². The van der Waals surface area contributed by atoms with E-state index in [-0.39, 0.29) is 6.61 Å². The SMILES string of the molecule is CNC(CCCO)c1cn(C)c2ccccc12. The van der Waals surface area contributed by atoms with Crippen molar-refractivity contribution in [1.82, 2.24) is 9.88 Å². The number of rotatable bonds is 5. The topological polar surface area (TPSA) is 37.2 Å². The molecule has 1 unspecified atom stereocenters. The fourth-order valence-corrected chi connectivity index (χ4v) is 2.40. The largest absolute Gasteiger partial charge is 0.396 e. The van der Waals surface area contributed by atoms with Crippen LogP contribution in [0.5, 0.6) is 0 Å². The monoisotopic (exact) mass is 232 g/mol. The van der Waals surface area contributed by atoms with Gasteiger partial charge in [0.05, 0.1) is 0 Å². The van der Waals surface area contributed by atoms with Crippen LogP contribution in [0.25, 0.3) is 10.9 Å². The minimum absolute atomic E-state index is 0.253. The van der Waals surface area contributed by atoms with Gasteiger partial charge in [-0.1, -0.05) is 18.2 Å². The molecule has 1 atom stereocenters. The Morgan fingerprint density at radius 3 is 2.82 bits per heavy atom. The summed E-state index contributed by atoms with van der Waals surface area (Å²) in [6, 6.07) is 8.75. The predicted molar refractivity (Wildman–Crippen MR) is 71.0 cm³/mol. The van der Waals surface area contributed by atoms with Gasteiger partial charge >= 0.3 is 0 Å². The molecule has 0 spiro atoms. The van der Waals surface area contributed by atoms with Gasteiger partial charge in [0, 0.05) is 36.8 Å². The lowest BCUT2D eigenvalue weighted by Crippen LogP contribution is -2.16. The average Bonchev–Trinajstić information content (AvgIpc) is 2.69. The third-order valence-electron chi connectivity index (χ3n) is 3.30. The molecule has 0 bridgehead atoms. The summed E-state index contributed by atoms with van der Waals surface area (Å²) in [5.41, 5.74) is 2.57. The highest BCUT2D eigenvalue weighted by molar-refractivity contribution is 5.84. The van der Waals surface area contributed by atoms with E-state index in [1.807, 2.05) is 7.05 Å². The van der Waals surface area contributed by atoms with Crippen molar-refractivity contribution in [2.75, 3.05) is 13.7 Å². The zero-order valence-electron chi connectivity index (χ0n) is 10.5. The number of para-hydroxylation sites is 1. The number of aliphatic hydroxyl groups excluding tert-OH is 1. The predicted octanol–water partition coefficient (Wildman–Crippen LogP) is 2.21. The second kappa shape index (κ2) is 5.34. The molecule has 17 heavy (non-hydrogen) atoms. The van der Waals surface area contributed by atoms with E-state index in [0.717, 1.165) is 12.8 Å². The highest BCUT2D eigenvalue weighted by atomic mass is 16.2. The van der Waals surface area contributed by atoms with Gasteiger partial charge in [0.15, 0.2) is 0 Å². The number of nitrogens with one attached hydrogen (secondary N) is 1. The lowest BCUT2D eigenvalue weighted by Gasteiger charge is -2.14. The fraction of sp³-hybridized carbons (Fsp3) is 0.429. The third-order valence-corrected chi connectivity index (χ3v) is 3.30. The van der Waals surface area contributed by atoms with Crippen LogP contribution in [0.2, 0.25) is 0 Å². The fourth-order valence-electron chi connectivity index (χ4n) is 2.40. The molecular weight excluding hydrogens is 212 g/mol. The minimum atomic E-state index is 0.253. The van der Waals surface area contributed by atoms with Gasteiger partial charge in [0.2, 0.25) is 0 Å². The lowest BCUT2D eigenvalue weighted by molar-refractivity contribution is 0.276. The van der Waals surface area contributed by atoms with E-state index >= 15 is 0 Å². The highest BCUT2D eigenvalue weighted by Gasteiger charge is 2.14. The van der Waals surface area contributed by atoms with Crippen LogP contribution in [0.1, 0.15) is 24.4 Å². The summed E-state index contributed by atoms with van der Waals surface area (Å²) < 4.78 is 2.16. The van der Waals surface area contributed by atoms with Crippen LogP contribution >= 0.6 is 0 Å². The first-order chi connectivity index (χ1) is 8.27. The first-order valence-electron chi connectivity index (χ1n) is 6.10. The number of aliphatic hydroxyl groups is 1. The molecule has 2 rings (SSSR count). The average molecular weight is 232 g/mol. The van der Waals surface area contributed by atoms with Crippen molar-refractivity contribution in [3.63, 3.8) is 0 Å². The smallest absolute Gasteiger partial charge is 0.0481 e. The molecule has 1 aromatic heterocycles. The number of hydrogen-bond donors (Lipinski definition) is 2. The van der Waals surface area contributed by atoms with Gasteiger partial charge in [0.25, 0.3) is 0 Å². The van der Waals surface area contributed by atoms with Crippen LogP contribution in [-0.2, 0) is 7.05 Å². The Hall–Kier alpha value is -1.32. The van der Waals surface area contributed by atoms with Gasteiger partial charge in [-0.3, -0.25) is 0 Å². The summed E-state index contributed by atoms with van der Waals surface area (Å²) in [5.74, 6) is 0. The summed E-state index contributed by atoms with van der Waals surface area (Å²) in [4.78, 5) is 0. The van der Waals surface area contributed by atoms with Crippen molar-refractivity contribution in [3.05, 3.63) is 36.0 Å². The van der Waals surface area contributed by atoms with Crippen molar-refractivity contribution >= 4 is 10.9 Å². The van der Waals surface area contributed by atoms with E-state index in [0.29, 0.717) is 6.04 Å². The number of aromatic nitrogens is 1. The molecule has 1 heterocycles.